The molecular formula is C16H27NO4. The molecule has 5 nitrogen and oxygen atoms in total. The van der Waals surface area contributed by atoms with Gasteiger partial charge in [0.2, 0.25) is 0 Å². The molecule has 1 atom stereocenters. The minimum atomic E-state index is -0.746. The molecule has 1 unspecified atom stereocenters. The molecule has 0 radical (unpaired) electrons. The number of carbonyl (C=O) groups excluding carboxylic acids is 1. The second-order valence-corrected chi connectivity index (χ2v) is 5.49. The highest BCUT2D eigenvalue weighted by Crippen LogP contribution is 2.14. The first-order valence-electron chi connectivity index (χ1n) is 8.01. The summed E-state index contributed by atoms with van der Waals surface area (Å²) in [4.78, 5) is 22.0. The van der Waals surface area contributed by atoms with Crippen LogP contribution in [0.3, 0.4) is 0 Å². The molecule has 0 bridgehead atoms. The van der Waals surface area contributed by atoms with Crippen LogP contribution in [-0.4, -0.2) is 29.8 Å². The summed E-state index contributed by atoms with van der Waals surface area (Å²) in [7, 11) is 0. The maximum absolute atomic E-state index is 11.6. The van der Waals surface area contributed by atoms with Crippen LogP contribution < -0.4 is 5.32 Å². The maximum atomic E-state index is 11.6. The predicted molar refractivity (Wildman–Crippen MR) is 81.2 cm³/mol. The smallest absolute Gasteiger partial charge is 0.407 e. The Morgan fingerprint density at radius 3 is 2.76 bits per heavy atom. The summed E-state index contributed by atoms with van der Waals surface area (Å²) in [6.07, 6.45) is 12.7. The Morgan fingerprint density at radius 1 is 1.14 bits per heavy atom. The van der Waals surface area contributed by atoms with E-state index >= 15 is 0 Å². The number of hydrogen-bond acceptors (Lipinski definition) is 3. The standard InChI is InChI=1S/C16H27NO4/c18-15(19)12-8-4-5-9-13-17-16(20)21-14-10-6-2-1-3-7-11-14/h6,10,14H,1-5,7-9,11-13H2,(H,17,20)(H,18,19)/b10-6-. The molecule has 1 aliphatic carbocycles. The van der Waals surface area contributed by atoms with Crippen LogP contribution in [0.2, 0.25) is 0 Å². The van der Waals surface area contributed by atoms with Gasteiger partial charge in [0.1, 0.15) is 6.10 Å². The van der Waals surface area contributed by atoms with E-state index in [-0.39, 0.29) is 18.6 Å². The zero-order valence-electron chi connectivity index (χ0n) is 12.7. The number of aliphatic carboxylic acids is 1. The summed E-state index contributed by atoms with van der Waals surface area (Å²) < 4.78 is 5.37. The fourth-order valence-corrected chi connectivity index (χ4v) is 2.35. The topological polar surface area (TPSA) is 75.6 Å². The summed E-state index contributed by atoms with van der Waals surface area (Å²) in [5.74, 6) is -0.746. The van der Waals surface area contributed by atoms with Crippen molar-refractivity contribution in [2.45, 2.75) is 70.3 Å². The molecule has 0 aliphatic heterocycles. The number of amides is 1. The van der Waals surface area contributed by atoms with Crippen molar-refractivity contribution < 1.29 is 19.4 Å². The number of allylic oxidation sites excluding steroid dienone is 1. The van der Waals surface area contributed by atoms with Gasteiger partial charge < -0.3 is 15.2 Å². The SMILES string of the molecule is O=C(O)CCCCCCNC(=O)OC1/C=C\CCCCC1. The lowest BCUT2D eigenvalue weighted by atomic mass is 10.0. The molecule has 0 saturated carbocycles. The molecule has 21 heavy (non-hydrogen) atoms. The van der Waals surface area contributed by atoms with Crippen molar-refractivity contribution in [1.29, 1.82) is 0 Å². The summed E-state index contributed by atoms with van der Waals surface area (Å²) >= 11 is 0. The van der Waals surface area contributed by atoms with E-state index in [0.717, 1.165) is 38.5 Å². The number of carbonyl (C=O) groups is 2. The van der Waals surface area contributed by atoms with Crippen LogP contribution in [0.1, 0.15) is 64.2 Å². The average molecular weight is 297 g/mol. The van der Waals surface area contributed by atoms with Crippen LogP contribution in [0.4, 0.5) is 4.79 Å². The van der Waals surface area contributed by atoms with Crippen molar-refractivity contribution in [2.24, 2.45) is 0 Å². The minimum Gasteiger partial charge on any atom is -0.481 e. The summed E-state index contributed by atoms with van der Waals surface area (Å²) in [6.45, 7) is 0.586. The van der Waals surface area contributed by atoms with E-state index in [1.165, 1.54) is 12.8 Å². The Kier molecular flexibility index (Phi) is 9.33. The van der Waals surface area contributed by atoms with Gasteiger partial charge in [-0.05, 0) is 44.6 Å². The van der Waals surface area contributed by atoms with Crippen molar-refractivity contribution in [2.75, 3.05) is 6.54 Å². The fourth-order valence-electron chi connectivity index (χ4n) is 2.35. The highest BCUT2D eigenvalue weighted by molar-refractivity contribution is 5.67. The minimum absolute atomic E-state index is 0.0964. The molecule has 0 aromatic heterocycles. The van der Waals surface area contributed by atoms with Gasteiger partial charge in [0.15, 0.2) is 0 Å². The number of hydrogen-bond donors (Lipinski definition) is 2. The highest BCUT2D eigenvalue weighted by atomic mass is 16.6. The molecule has 1 amide bonds. The Labute approximate surface area is 126 Å². The lowest BCUT2D eigenvalue weighted by Crippen LogP contribution is -2.29. The van der Waals surface area contributed by atoms with Gasteiger partial charge in [-0.3, -0.25) is 4.79 Å². The van der Waals surface area contributed by atoms with E-state index in [9.17, 15) is 9.59 Å². The summed E-state index contributed by atoms with van der Waals surface area (Å²) in [5, 5.41) is 11.3. The van der Waals surface area contributed by atoms with Crippen molar-refractivity contribution in [3.05, 3.63) is 12.2 Å². The third-order valence-electron chi connectivity index (χ3n) is 3.56. The third-order valence-corrected chi connectivity index (χ3v) is 3.56. The molecule has 0 aromatic carbocycles. The zero-order valence-corrected chi connectivity index (χ0v) is 12.7. The van der Waals surface area contributed by atoms with Gasteiger partial charge in [-0.2, -0.15) is 0 Å². The van der Waals surface area contributed by atoms with Crippen LogP contribution >= 0.6 is 0 Å². The van der Waals surface area contributed by atoms with Crippen LogP contribution in [0.15, 0.2) is 12.2 Å². The molecule has 1 aliphatic rings. The Morgan fingerprint density at radius 2 is 1.95 bits per heavy atom. The van der Waals surface area contributed by atoms with E-state index in [4.69, 9.17) is 9.84 Å². The molecular weight excluding hydrogens is 270 g/mol. The summed E-state index contributed by atoms with van der Waals surface area (Å²) in [6, 6.07) is 0. The van der Waals surface area contributed by atoms with Crippen molar-refractivity contribution in [3.63, 3.8) is 0 Å². The number of unbranched alkanes of at least 4 members (excludes halogenated alkanes) is 3. The quantitative estimate of drug-likeness (QED) is 0.530. The number of rotatable bonds is 8. The number of alkyl carbamates (subject to hydrolysis) is 1. The molecule has 0 heterocycles. The highest BCUT2D eigenvalue weighted by Gasteiger charge is 2.11. The molecule has 2 N–H and O–H groups in total. The molecule has 120 valence electrons. The van der Waals surface area contributed by atoms with Crippen LogP contribution in [-0.2, 0) is 9.53 Å². The Hall–Kier alpha value is -1.52. The predicted octanol–water partition coefficient (Wildman–Crippen LogP) is 3.64. The molecule has 0 fully saturated rings. The fraction of sp³-hybridized carbons (Fsp3) is 0.750. The number of ether oxygens (including phenoxy) is 1. The van der Waals surface area contributed by atoms with Crippen LogP contribution in [0.25, 0.3) is 0 Å². The Balaban J connectivity index is 2.02. The average Bonchev–Trinajstić information content (AvgIpc) is 2.40. The van der Waals surface area contributed by atoms with Gasteiger partial charge in [-0.1, -0.05) is 25.3 Å². The number of carboxylic acids is 1. The van der Waals surface area contributed by atoms with Crippen molar-refractivity contribution in [3.8, 4) is 0 Å². The first kappa shape index (κ1) is 17.5. The van der Waals surface area contributed by atoms with Gasteiger partial charge in [-0.25, -0.2) is 4.79 Å². The van der Waals surface area contributed by atoms with E-state index in [0.29, 0.717) is 13.0 Å². The molecule has 1 rings (SSSR count). The maximum Gasteiger partial charge on any atom is 0.407 e. The third kappa shape index (κ3) is 9.93. The largest absolute Gasteiger partial charge is 0.481 e. The van der Waals surface area contributed by atoms with Gasteiger partial charge in [0, 0.05) is 13.0 Å². The first-order valence-corrected chi connectivity index (χ1v) is 8.01. The first-order chi connectivity index (χ1) is 10.2. The van der Waals surface area contributed by atoms with Gasteiger partial charge in [0.25, 0.3) is 0 Å². The molecule has 0 spiro atoms. The van der Waals surface area contributed by atoms with Gasteiger partial charge in [-0.15, -0.1) is 0 Å². The van der Waals surface area contributed by atoms with Gasteiger partial charge in [0.05, 0.1) is 0 Å². The lowest BCUT2D eigenvalue weighted by Gasteiger charge is -2.16. The number of carboxylic acid groups (broad SMARTS) is 1. The number of nitrogens with one attached hydrogen (secondary N) is 1. The van der Waals surface area contributed by atoms with E-state index < -0.39 is 5.97 Å². The van der Waals surface area contributed by atoms with Crippen molar-refractivity contribution in [1.82, 2.24) is 5.32 Å². The van der Waals surface area contributed by atoms with Crippen LogP contribution in [0.5, 0.6) is 0 Å². The van der Waals surface area contributed by atoms with Crippen LogP contribution in [0, 0.1) is 0 Å². The zero-order chi connectivity index (χ0) is 15.3. The second-order valence-electron chi connectivity index (χ2n) is 5.49. The second kappa shape index (κ2) is 11.2. The molecule has 0 saturated heterocycles. The van der Waals surface area contributed by atoms with E-state index in [2.05, 4.69) is 11.4 Å². The van der Waals surface area contributed by atoms with E-state index in [1.54, 1.807) is 0 Å². The van der Waals surface area contributed by atoms with Crippen molar-refractivity contribution >= 4 is 12.1 Å². The summed E-state index contributed by atoms with van der Waals surface area (Å²) in [5.41, 5.74) is 0. The normalized spacial score (nSPS) is 20.1. The lowest BCUT2D eigenvalue weighted by molar-refractivity contribution is -0.137. The Bertz CT molecular complexity index is 341. The van der Waals surface area contributed by atoms with Gasteiger partial charge >= 0.3 is 12.1 Å². The monoisotopic (exact) mass is 297 g/mol. The molecule has 0 aromatic rings. The molecule has 5 heteroatoms. The van der Waals surface area contributed by atoms with E-state index in [1.807, 2.05) is 6.08 Å².